The average molecular weight is 366 g/mol. The second kappa shape index (κ2) is 11.3. The first-order chi connectivity index (χ1) is 13.1. The maximum absolute atomic E-state index is 14.2. The quantitative estimate of drug-likeness (QED) is 0.336. The largest absolute Gasteiger partial charge is 0.207 e. The lowest BCUT2D eigenvalue weighted by atomic mass is 10.0. The molecule has 2 rings (SSSR count). The first-order valence-electron chi connectivity index (χ1n) is 9.90. The van der Waals surface area contributed by atoms with Gasteiger partial charge in [0.25, 0.3) is 0 Å². The highest BCUT2D eigenvalue weighted by Crippen LogP contribution is 2.21. The Kier molecular flexibility index (Phi) is 8.78. The summed E-state index contributed by atoms with van der Waals surface area (Å²) < 4.78 is 28.2. The minimum absolute atomic E-state index is 0.00749. The van der Waals surface area contributed by atoms with Gasteiger partial charge in [0.1, 0.15) is 11.6 Å². The van der Waals surface area contributed by atoms with Crippen LogP contribution in [-0.4, -0.2) is 0 Å². The Morgan fingerprint density at radius 3 is 2.22 bits per heavy atom. The summed E-state index contributed by atoms with van der Waals surface area (Å²) in [4.78, 5) is 0. The summed E-state index contributed by atoms with van der Waals surface area (Å²) in [6, 6.07) is 12.6. The fourth-order valence-electron chi connectivity index (χ4n) is 2.81. The molecular formula is C25H28F2. The van der Waals surface area contributed by atoms with E-state index >= 15 is 0 Å². The van der Waals surface area contributed by atoms with Gasteiger partial charge in [0.05, 0.1) is 0 Å². The lowest BCUT2D eigenvalue weighted by Gasteiger charge is -2.02. The molecule has 0 radical (unpaired) electrons. The number of halogens is 2. The van der Waals surface area contributed by atoms with Crippen LogP contribution in [0.3, 0.4) is 0 Å². The van der Waals surface area contributed by atoms with E-state index in [-0.39, 0.29) is 5.56 Å². The van der Waals surface area contributed by atoms with Crippen LogP contribution in [0.25, 0.3) is 5.83 Å². The predicted octanol–water partition coefficient (Wildman–Crippen LogP) is 7.46. The average Bonchev–Trinajstić information content (AvgIpc) is 2.68. The minimum atomic E-state index is -0.571. The molecule has 0 amide bonds. The minimum Gasteiger partial charge on any atom is -0.207 e. The van der Waals surface area contributed by atoms with Crippen LogP contribution in [-0.2, 0) is 6.42 Å². The van der Waals surface area contributed by atoms with Gasteiger partial charge in [-0.2, -0.15) is 0 Å². The number of hydrogen-bond donors (Lipinski definition) is 0. The second-order valence-corrected chi connectivity index (χ2v) is 6.79. The van der Waals surface area contributed by atoms with E-state index in [0.29, 0.717) is 12.0 Å². The van der Waals surface area contributed by atoms with E-state index in [2.05, 4.69) is 30.9 Å². The van der Waals surface area contributed by atoms with E-state index in [1.807, 2.05) is 19.1 Å². The Balaban J connectivity index is 2.04. The number of rotatable bonds is 8. The molecule has 0 spiro atoms. The summed E-state index contributed by atoms with van der Waals surface area (Å²) in [5.41, 5.74) is 2.76. The number of hydrogen-bond acceptors (Lipinski definition) is 0. The molecule has 0 bridgehead atoms. The molecule has 0 nitrogen and oxygen atoms in total. The van der Waals surface area contributed by atoms with E-state index in [0.717, 1.165) is 24.8 Å². The van der Waals surface area contributed by atoms with E-state index in [9.17, 15) is 8.78 Å². The Morgan fingerprint density at radius 1 is 0.889 bits per heavy atom. The molecule has 2 aromatic rings. The van der Waals surface area contributed by atoms with Crippen molar-refractivity contribution in [1.29, 1.82) is 0 Å². The van der Waals surface area contributed by atoms with E-state index in [4.69, 9.17) is 0 Å². The normalized spacial score (nSPS) is 11.2. The summed E-state index contributed by atoms with van der Waals surface area (Å²) in [5, 5.41) is 0. The summed E-state index contributed by atoms with van der Waals surface area (Å²) in [6.45, 7) is 4.24. The van der Waals surface area contributed by atoms with Gasteiger partial charge in [-0.25, -0.2) is 8.78 Å². The molecule has 0 N–H and O–H groups in total. The van der Waals surface area contributed by atoms with Gasteiger partial charge in [0.15, 0.2) is 0 Å². The topological polar surface area (TPSA) is 0 Å². The van der Waals surface area contributed by atoms with Crippen molar-refractivity contribution in [2.45, 2.75) is 58.8 Å². The zero-order chi connectivity index (χ0) is 19.5. The SMILES string of the molecule is CCCC/C=C(/F)c1ccc(C#Cc2ccc(CCCCC)cc2)cc1F. The predicted molar refractivity (Wildman–Crippen MR) is 111 cm³/mol. The van der Waals surface area contributed by atoms with Crippen LogP contribution in [0, 0.1) is 17.7 Å². The van der Waals surface area contributed by atoms with Gasteiger partial charge >= 0.3 is 0 Å². The maximum Gasteiger partial charge on any atom is 0.134 e. The van der Waals surface area contributed by atoms with Crippen molar-refractivity contribution in [3.05, 3.63) is 76.6 Å². The first kappa shape index (κ1) is 20.9. The van der Waals surface area contributed by atoms with Crippen LogP contribution in [0.4, 0.5) is 8.78 Å². The fraction of sp³-hybridized carbons (Fsp3) is 0.360. The monoisotopic (exact) mass is 366 g/mol. The second-order valence-electron chi connectivity index (χ2n) is 6.79. The zero-order valence-corrected chi connectivity index (χ0v) is 16.3. The van der Waals surface area contributed by atoms with Gasteiger partial charge in [-0.1, -0.05) is 57.1 Å². The van der Waals surface area contributed by atoms with Crippen LogP contribution in [0.5, 0.6) is 0 Å². The molecule has 27 heavy (non-hydrogen) atoms. The highest BCUT2D eigenvalue weighted by atomic mass is 19.1. The van der Waals surface area contributed by atoms with Crippen molar-refractivity contribution >= 4 is 5.83 Å². The van der Waals surface area contributed by atoms with Crippen molar-refractivity contribution in [2.24, 2.45) is 0 Å². The molecule has 2 aromatic carbocycles. The summed E-state index contributed by atoms with van der Waals surface area (Å²) in [6.07, 6.45) is 8.72. The molecule has 2 heteroatoms. The highest BCUT2D eigenvalue weighted by Gasteiger charge is 2.07. The Hall–Kier alpha value is -2.40. The number of benzene rings is 2. The lowest BCUT2D eigenvalue weighted by molar-refractivity contribution is 0.613. The number of unbranched alkanes of at least 4 members (excludes halogenated alkanes) is 4. The van der Waals surface area contributed by atoms with Crippen molar-refractivity contribution in [1.82, 2.24) is 0 Å². The van der Waals surface area contributed by atoms with E-state index in [1.54, 1.807) is 6.07 Å². The van der Waals surface area contributed by atoms with Gasteiger partial charge in [0, 0.05) is 16.7 Å². The molecule has 0 heterocycles. The van der Waals surface area contributed by atoms with Gasteiger partial charge in [0.2, 0.25) is 0 Å². The Morgan fingerprint density at radius 2 is 1.56 bits per heavy atom. The summed E-state index contributed by atoms with van der Waals surface area (Å²) in [7, 11) is 0. The standard InChI is InChI=1S/C25H28F2/c1-3-5-7-9-20-11-13-21(14-12-20)15-16-22-17-18-23(25(27)19-22)24(26)10-8-6-4-2/h10-14,17-19H,3-9H2,1-2H3/b24-10+. The molecule has 142 valence electrons. The van der Waals surface area contributed by atoms with Gasteiger partial charge in [-0.15, -0.1) is 0 Å². The molecule has 0 aliphatic heterocycles. The molecule has 0 aliphatic rings. The van der Waals surface area contributed by atoms with Gasteiger partial charge in [-0.3, -0.25) is 0 Å². The third-order valence-corrected chi connectivity index (χ3v) is 4.48. The molecular weight excluding hydrogens is 338 g/mol. The molecule has 0 aromatic heterocycles. The fourth-order valence-corrected chi connectivity index (χ4v) is 2.81. The maximum atomic E-state index is 14.2. The molecule has 0 saturated carbocycles. The summed E-state index contributed by atoms with van der Waals surface area (Å²) >= 11 is 0. The molecule has 0 atom stereocenters. The van der Waals surface area contributed by atoms with Crippen molar-refractivity contribution in [3.63, 3.8) is 0 Å². The Labute approximate surface area is 162 Å². The van der Waals surface area contributed by atoms with Crippen LogP contribution < -0.4 is 0 Å². The van der Waals surface area contributed by atoms with E-state index in [1.165, 1.54) is 43.0 Å². The third kappa shape index (κ3) is 7.02. The number of aryl methyl sites for hydroxylation is 1. The van der Waals surface area contributed by atoms with Crippen LogP contribution >= 0.6 is 0 Å². The Bertz CT molecular complexity index is 804. The van der Waals surface area contributed by atoms with Gasteiger partial charge in [-0.05, 0) is 67.7 Å². The molecule has 0 saturated heterocycles. The molecule has 0 fully saturated rings. The van der Waals surface area contributed by atoms with E-state index < -0.39 is 11.6 Å². The molecule has 0 unspecified atom stereocenters. The first-order valence-corrected chi connectivity index (χ1v) is 9.90. The van der Waals surface area contributed by atoms with Crippen molar-refractivity contribution < 1.29 is 8.78 Å². The van der Waals surface area contributed by atoms with Crippen molar-refractivity contribution in [3.8, 4) is 11.8 Å². The molecule has 0 aliphatic carbocycles. The highest BCUT2D eigenvalue weighted by molar-refractivity contribution is 5.61. The lowest BCUT2D eigenvalue weighted by Crippen LogP contribution is -1.88. The van der Waals surface area contributed by atoms with Crippen LogP contribution in [0.15, 0.2) is 48.5 Å². The third-order valence-electron chi connectivity index (χ3n) is 4.48. The van der Waals surface area contributed by atoms with Gasteiger partial charge < -0.3 is 0 Å². The zero-order valence-electron chi connectivity index (χ0n) is 16.3. The number of allylic oxidation sites excluding steroid dienone is 1. The van der Waals surface area contributed by atoms with Crippen LogP contribution in [0.1, 0.15) is 74.6 Å². The summed E-state index contributed by atoms with van der Waals surface area (Å²) in [5.74, 6) is 4.94. The smallest absolute Gasteiger partial charge is 0.134 e. The van der Waals surface area contributed by atoms with Crippen LogP contribution in [0.2, 0.25) is 0 Å². The van der Waals surface area contributed by atoms with Crippen molar-refractivity contribution in [2.75, 3.05) is 0 Å².